The van der Waals surface area contributed by atoms with Crippen molar-refractivity contribution in [2.45, 2.75) is 71.3 Å². The standard InChI is InChI=1S/C17H27N3/c1-5-11-20-15(18)14(19-16(20)17(2,3)4)12-13-9-7-6-8-10-13/h1,13H,6-12,18H2,2-4H3. The van der Waals surface area contributed by atoms with Gasteiger partial charge in [-0.05, 0) is 12.3 Å². The molecule has 2 N–H and O–H groups in total. The smallest absolute Gasteiger partial charge is 0.127 e. The highest BCUT2D eigenvalue weighted by molar-refractivity contribution is 5.40. The van der Waals surface area contributed by atoms with Gasteiger partial charge in [0.25, 0.3) is 0 Å². The topological polar surface area (TPSA) is 43.8 Å². The van der Waals surface area contributed by atoms with Gasteiger partial charge < -0.3 is 10.3 Å². The van der Waals surface area contributed by atoms with Crippen molar-refractivity contribution < 1.29 is 0 Å². The molecule has 0 unspecified atom stereocenters. The van der Waals surface area contributed by atoms with E-state index >= 15 is 0 Å². The van der Waals surface area contributed by atoms with Crippen LogP contribution in [0.5, 0.6) is 0 Å². The minimum Gasteiger partial charge on any atom is -0.384 e. The number of imidazole rings is 1. The monoisotopic (exact) mass is 273 g/mol. The first kappa shape index (κ1) is 15.0. The van der Waals surface area contributed by atoms with Gasteiger partial charge >= 0.3 is 0 Å². The van der Waals surface area contributed by atoms with Crippen LogP contribution in [0.3, 0.4) is 0 Å². The first-order valence-corrected chi connectivity index (χ1v) is 7.72. The van der Waals surface area contributed by atoms with Gasteiger partial charge in [-0.1, -0.05) is 58.8 Å². The van der Waals surface area contributed by atoms with Gasteiger partial charge in [-0.25, -0.2) is 4.98 Å². The molecule has 20 heavy (non-hydrogen) atoms. The predicted molar refractivity (Wildman–Crippen MR) is 84.5 cm³/mol. The number of hydrogen-bond donors (Lipinski definition) is 1. The summed E-state index contributed by atoms with van der Waals surface area (Å²) in [5, 5.41) is 0. The molecule has 1 heterocycles. The van der Waals surface area contributed by atoms with Gasteiger partial charge in [0, 0.05) is 5.41 Å². The molecule has 0 spiro atoms. The van der Waals surface area contributed by atoms with E-state index in [1.165, 1.54) is 32.1 Å². The van der Waals surface area contributed by atoms with E-state index in [1.54, 1.807) is 0 Å². The molecule has 1 fully saturated rings. The molecule has 2 rings (SSSR count). The van der Waals surface area contributed by atoms with Crippen molar-refractivity contribution in [3.05, 3.63) is 11.5 Å². The van der Waals surface area contributed by atoms with E-state index in [0.717, 1.165) is 29.7 Å². The SMILES string of the molecule is C#CCn1c(C(C)(C)C)nc(CC2CCCCC2)c1N. The highest BCUT2D eigenvalue weighted by Crippen LogP contribution is 2.31. The number of nitrogens with zero attached hydrogens (tertiary/aromatic N) is 2. The third-order valence-electron chi connectivity index (χ3n) is 4.21. The van der Waals surface area contributed by atoms with E-state index < -0.39 is 0 Å². The molecule has 1 aromatic rings. The van der Waals surface area contributed by atoms with Crippen LogP contribution in [-0.2, 0) is 18.4 Å². The van der Waals surface area contributed by atoms with Crippen molar-refractivity contribution in [3.8, 4) is 12.3 Å². The molecule has 3 nitrogen and oxygen atoms in total. The molecule has 0 aromatic carbocycles. The van der Waals surface area contributed by atoms with Gasteiger partial charge in [0.1, 0.15) is 11.6 Å². The van der Waals surface area contributed by atoms with E-state index in [1.807, 2.05) is 4.57 Å². The molecule has 3 heteroatoms. The van der Waals surface area contributed by atoms with Gasteiger partial charge in [0.15, 0.2) is 0 Å². The average molecular weight is 273 g/mol. The molecule has 0 aliphatic heterocycles. The van der Waals surface area contributed by atoms with E-state index in [9.17, 15) is 0 Å². The number of terminal acetylenes is 1. The largest absolute Gasteiger partial charge is 0.384 e. The zero-order chi connectivity index (χ0) is 14.8. The zero-order valence-electron chi connectivity index (χ0n) is 13.1. The Bertz CT molecular complexity index is 494. The lowest BCUT2D eigenvalue weighted by Crippen LogP contribution is -2.19. The van der Waals surface area contributed by atoms with Crippen molar-refractivity contribution in [3.63, 3.8) is 0 Å². The molecule has 1 saturated carbocycles. The normalized spacial score (nSPS) is 17.1. The molecular formula is C17H27N3. The molecule has 0 saturated heterocycles. The minimum atomic E-state index is -0.0320. The Balaban J connectivity index is 2.27. The van der Waals surface area contributed by atoms with Crippen LogP contribution in [0.15, 0.2) is 0 Å². The molecule has 0 radical (unpaired) electrons. The summed E-state index contributed by atoms with van der Waals surface area (Å²) in [5.41, 5.74) is 7.33. The minimum absolute atomic E-state index is 0.0320. The van der Waals surface area contributed by atoms with Crippen LogP contribution in [0.2, 0.25) is 0 Å². The molecule has 110 valence electrons. The third kappa shape index (κ3) is 3.17. The van der Waals surface area contributed by atoms with Crippen LogP contribution in [0.25, 0.3) is 0 Å². The average Bonchev–Trinajstić information content (AvgIpc) is 2.69. The number of anilines is 1. The number of aromatic nitrogens is 2. The molecule has 0 bridgehead atoms. The molecule has 1 aliphatic rings. The predicted octanol–water partition coefficient (Wildman–Crippen LogP) is 3.52. The highest BCUT2D eigenvalue weighted by atomic mass is 15.1. The first-order valence-electron chi connectivity index (χ1n) is 7.72. The fraction of sp³-hybridized carbons (Fsp3) is 0.706. The van der Waals surface area contributed by atoms with Crippen molar-refractivity contribution in [1.29, 1.82) is 0 Å². The van der Waals surface area contributed by atoms with Gasteiger partial charge in [-0.2, -0.15) is 0 Å². The van der Waals surface area contributed by atoms with Crippen LogP contribution in [0.4, 0.5) is 5.82 Å². The van der Waals surface area contributed by atoms with Gasteiger partial charge in [-0.15, -0.1) is 6.42 Å². The summed E-state index contributed by atoms with van der Waals surface area (Å²) in [4.78, 5) is 4.84. The summed E-state index contributed by atoms with van der Waals surface area (Å²) >= 11 is 0. The van der Waals surface area contributed by atoms with Crippen molar-refractivity contribution in [1.82, 2.24) is 9.55 Å². The maximum atomic E-state index is 6.31. The summed E-state index contributed by atoms with van der Waals surface area (Å²) in [7, 11) is 0. The summed E-state index contributed by atoms with van der Waals surface area (Å²) in [6.07, 6.45) is 13.2. The number of nitrogen functional groups attached to an aromatic ring is 1. The lowest BCUT2D eigenvalue weighted by atomic mass is 9.86. The lowest BCUT2D eigenvalue weighted by molar-refractivity contribution is 0.354. The lowest BCUT2D eigenvalue weighted by Gasteiger charge is -2.20. The van der Waals surface area contributed by atoms with Crippen molar-refractivity contribution in [2.75, 3.05) is 5.73 Å². The van der Waals surface area contributed by atoms with Gasteiger partial charge in [0.05, 0.1) is 12.2 Å². The van der Waals surface area contributed by atoms with Crippen LogP contribution in [0, 0.1) is 18.3 Å². The molecular weight excluding hydrogens is 246 g/mol. The Morgan fingerprint density at radius 2 is 1.95 bits per heavy atom. The fourth-order valence-electron chi connectivity index (χ4n) is 3.15. The van der Waals surface area contributed by atoms with Gasteiger partial charge in [-0.3, -0.25) is 0 Å². The van der Waals surface area contributed by atoms with Crippen LogP contribution in [0.1, 0.15) is 64.4 Å². The maximum Gasteiger partial charge on any atom is 0.127 e. The second kappa shape index (κ2) is 5.91. The van der Waals surface area contributed by atoms with Crippen LogP contribution >= 0.6 is 0 Å². The van der Waals surface area contributed by atoms with Gasteiger partial charge in [0.2, 0.25) is 0 Å². The van der Waals surface area contributed by atoms with E-state index in [4.69, 9.17) is 17.1 Å². The number of hydrogen-bond acceptors (Lipinski definition) is 2. The van der Waals surface area contributed by atoms with E-state index in [0.29, 0.717) is 6.54 Å². The number of nitrogens with two attached hydrogens (primary N) is 1. The first-order chi connectivity index (χ1) is 9.43. The second-order valence-electron chi connectivity index (χ2n) is 7.02. The fourth-order valence-corrected chi connectivity index (χ4v) is 3.15. The number of rotatable bonds is 3. The zero-order valence-corrected chi connectivity index (χ0v) is 13.1. The Hall–Kier alpha value is -1.43. The van der Waals surface area contributed by atoms with Crippen molar-refractivity contribution >= 4 is 5.82 Å². The highest BCUT2D eigenvalue weighted by Gasteiger charge is 2.26. The summed E-state index contributed by atoms with van der Waals surface area (Å²) in [6.45, 7) is 6.99. The Labute approximate surface area is 123 Å². The maximum absolute atomic E-state index is 6.31. The summed E-state index contributed by atoms with van der Waals surface area (Å²) in [5.74, 6) is 5.23. The quantitative estimate of drug-likeness (QED) is 0.856. The molecule has 1 aromatic heterocycles. The third-order valence-corrected chi connectivity index (χ3v) is 4.21. The summed E-state index contributed by atoms with van der Waals surface area (Å²) in [6, 6.07) is 0. The Morgan fingerprint density at radius 3 is 2.50 bits per heavy atom. The van der Waals surface area contributed by atoms with E-state index in [2.05, 4.69) is 26.7 Å². The molecule has 0 atom stereocenters. The molecule has 1 aliphatic carbocycles. The van der Waals surface area contributed by atoms with Crippen LogP contribution in [-0.4, -0.2) is 9.55 Å². The summed E-state index contributed by atoms with van der Waals surface area (Å²) < 4.78 is 2.01. The molecule has 0 amide bonds. The second-order valence-corrected chi connectivity index (χ2v) is 7.02. The Kier molecular flexibility index (Phi) is 4.42. The van der Waals surface area contributed by atoms with Crippen molar-refractivity contribution in [2.24, 2.45) is 5.92 Å². The van der Waals surface area contributed by atoms with E-state index in [-0.39, 0.29) is 5.41 Å². The van der Waals surface area contributed by atoms with Crippen LogP contribution < -0.4 is 5.73 Å². The Morgan fingerprint density at radius 1 is 1.30 bits per heavy atom.